The molecule has 50 heavy (non-hydrogen) atoms. The van der Waals surface area contributed by atoms with Crippen LogP contribution in [-0.4, -0.2) is 25.9 Å². The van der Waals surface area contributed by atoms with Crippen LogP contribution in [0.2, 0.25) is 0 Å². The van der Waals surface area contributed by atoms with E-state index in [-0.39, 0.29) is 26.6 Å². The first-order chi connectivity index (χ1) is 24.7. The second kappa shape index (κ2) is 18.2. The van der Waals surface area contributed by atoms with Crippen LogP contribution in [0, 0.1) is 0 Å². The number of halogens is 2. The zero-order valence-corrected chi connectivity index (χ0v) is 29.7. The van der Waals surface area contributed by atoms with Gasteiger partial charge in [-0.1, -0.05) is 178 Å². The Morgan fingerprint density at radius 3 is 0.920 bits per heavy atom. The predicted octanol–water partition coefficient (Wildman–Crippen LogP) is 7.19. The molecule has 0 spiro atoms. The summed E-state index contributed by atoms with van der Waals surface area (Å²) in [6, 6.07) is 63.1. The Hall–Kier alpha value is -4.83. The molecule has 0 saturated carbocycles. The zero-order chi connectivity index (χ0) is 34.4. The van der Waals surface area contributed by atoms with Gasteiger partial charge in [-0.15, -0.1) is 0 Å². The Labute approximate surface area is 309 Å². The van der Waals surface area contributed by atoms with E-state index in [1.807, 2.05) is 12.1 Å². The fraction of sp³-hybridized carbons (Fsp3) is 0. The summed E-state index contributed by atoms with van der Waals surface area (Å²) in [5, 5.41) is 0. The number of benzene rings is 6. The first-order valence-electron chi connectivity index (χ1n) is 16.1. The van der Waals surface area contributed by atoms with Gasteiger partial charge >= 0.3 is 33.3 Å². The van der Waals surface area contributed by atoms with E-state index >= 15 is 0 Å². The number of nitrogens with zero attached hydrogens (tertiary/aromatic N) is 2. The van der Waals surface area contributed by atoms with Gasteiger partial charge in [-0.3, -0.25) is 9.98 Å². The molecule has 0 fully saturated rings. The molecule has 1 aromatic heterocycles. The average molecular weight is 729 g/mol. The van der Waals surface area contributed by atoms with Crippen molar-refractivity contribution < 1.29 is 17.6 Å². The Bertz CT molecular complexity index is 1870. The molecule has 6 aromatic carbocycles. The molecule has 0 N–H and O–H groups in total. The Balaban J connectivity index is 0.00000139. The van der Waals surface area contributed by atoms with Gasteiger partial charge in [0.15, 0.2) is 0 Å². The first kappa shape index (κ1) is 35.0. The van der Waals surface area contributed by atoms with Crippen molar-refractivity contribution in [2.45, 2.75) is 0 Å². The van der Waals surface area contributed by atoms with E-state index in [2.05, 4.69) is 180 Å². The molecular formula is C42H32B2Cl2FeN2O. The SMILES string of the molecule is C(=Nc1ccc(B(c2ccccc2)c2ccccc2)cc1)c1ccc(C=Nc2ccc(B(c3ccccc3)c3ccccc3)cc2)o1.[Cl][Fe][Cl]. The molecule has 7 aromatic rings. The molecule has 244 valence electrons. The number of rotatable bonds is 10. The molecule has 0 aliphatic carbocycles. The van der Waals surface area contributed by atoms with Crippen molar-refractivity contribution in [3.8, 4) is 0 Å². The minimum absolute atomic E-state index is 0.160. The topological polar surface area (TPSA) is 37.9 Å². The quantitative estimate of drug-likeness (QED) is 0.109. The van der Waals surface area contributed by atoms with Crippen LogP contribution in [0.5, 0.6) is 0 Å². The van der Waals surface area contributed by atoms with Crippen LogP contribution >= 0.6 is 20.2 Å². The van der Waals surface area contributed by atoms with Gasteiger partial charge in [-0.25, -0.2) is 0 Å². The number of aliphatic imine (C=N–C) groups is 2. The van der Waals surface area contributed by atoms with Crippen molar-refractivity contribution in [1.29, 1.82) is 0 Å². The van der Waals surface area contributed by atoms with E-state index in [1.165, 1.54) is 32.8 Å². The van der Waals surface area contributed by atoms with Crippen LogP contribution in [0.4, 0.5) is 11.4 Å². The first-order valence-corrected chi connectivity index (χ1v) is 19.2. The molecule has 0 saturated heterocycles. The molecule has 0 radical (unpaired) electrons. The summed E-state index contributed by atoms with van der Waals surface area (Å²) < 4.78 is 5.98. The molecule has 7 rings (SSSR count). The summed E-state index contributed by atoms with van der Waals surface area (Å²) in [6.45, 7) is 0.320. The van der Waals surface area contributed by atoms with Gasteiger partial charge in [0.2, 0.25) is 13.4 Å². The fourth-order valence-corrected chi connectivity index (χ4v) is 6.03. The standard InChI is InChI=1S/C42H32B2N2O.2ClH.Fe/c1-5-13-33(14-6-1)43(34-15-7-2-8-16-34)37-21-25-39(26-22-37)45-31-41-29-30-42(47-41)32-46-40-27-23-38(24-28-40)44(35-17-9-3-10-18-35)36-19-11-4-12-20-36;;;/h1-32H;2*1H;/q;;;+2/p-2. The zero-order valence-electron chi connectivity index (χ0n) is 27.0. The molecule has 0 amide bonds. The molecule has 0 unspecified atom stereocenters. The van der Waals surface area contributed by atoms with Crippen LogP contribution in [0.1, 0.15) is 11.5 Å². The summed E-state index contributed by atoms with van der Waals surface area (Å²) in [7, 11) is 9.53. The van der Waals surface area contributed by atoms with Crippen LogP contribution in [0.3, 0.4) is 0 Å². The molecule has 0 aliphatic rings. The third kappa shape index (κ3) is 9.44. The minimum atomic E-state index is 0.160. The van der Waals surface area contributed by atoms with Gasteiger partial charge in [0.1, 0.15) is 11.5 Å². The Kier molecular flexibility index (Phi) is 12.8. The maximum atomic E-state index is 5.98. The van der Waals surface area contributed by atoms with Crippen LogP contribution in [0.15, 0.2) is 196 Å². The van der Waals surface area contributed by atoms with E-state index in [0.29, 0.717) is 11.5 Å². The number of furan rings is 1. The van der Waals surface area contributed by atoms with Crippen molar-refractivity contribution in [3.05, 3.63) is 194 Å². The normalized spacial score (nSPS) is 11.0. The van der Waals surface area contributed by atoms with E-state index in [0.717, 1.165) is 11.4 Å². The molecule has 1 heterocycles. The molecular weight excluding hydrogens is 697 g/mol. The van der Waals surface area contributed by atoms with Crippen molar-refractivity contribution in [2.24, 2.45) is 9.98 Å². The molecule has 8 heteroatoms. The molecule has 0 bridgehead atoms. The Morgan fingerprint density at radius 1 is 0.380 bits per heavy atom. The third-order valence-electron chi connectivity index (χ3n) is 8.31. The predicted molar refractivity (Wildman–Crippen MR) is 213 cm³/mol. The van der Waals surface area contributed by atoms with E-state index in [4.69, 9.17) is 24.6 Å². The summed E-state index contributed by atoms with van der Waals surface area (Å²) >= 11 is 0.194. The summed E-state index contributed by atoms with van der Waals surface area (Å²) in [6.07, 6.45) is 3.50. The number of hydrogen-bond acceptors (Lipinski definition) is 3. The van der Waals surface area contributed by atoms with Crippen molar-refractivity contribution in [1.82, 2.24) is 0 Å². The van der Waals surface area contributed by atoms with Crippen LogP contribution in [0.25, 0.3) is 0 Å². The fourth-order valence-electron chi connectivity index (χ4n) is 6.03. The number of hydrogen-bond donors (Lipinski definition) is 0. The summed E-state index contributed by atoms with van der Waals surface area (Å²) in [5.74, 6) is 1.34. The van der Waals surface area contributed by atoms with Gasteiger partial charge in [0, 0.05) is 0 Å². The average Bonchev–Trinajstić information content (AvgIpc) is 3.64. The van der Waals surface area contributed by atoms with E-state index in [1.54, 1.807) is 12.4 Å². The van der Waals surface area contributed by atoms with Crippen molar-refractivity contribution in [2.75, 3.05) is 0 Å². The van der Waals surface area contributed by atoms with E-state index in [9.17, 15) is 0 Å². The van der Waals surface area contributed by atoms with Gasteiger partial charge in [-0.2, -0.15) is 0 Å². The Morgan fingerprint density at radius 2 is 0.640 bits per heavy atom. The van der Waals surface area contributed by atoms with Crippen molar-refractivity contribution in [3.63, 3.8) is 0 Å². The van der Waals surface area contributed by atoms with Crippen LogP contribution in [-0.2, 0) is 13.1 Å². The maximum absolute atomic E-state index is 5.98. The van der Waals surface area contributed by atoms with Crippen molar-refractivity contribution >= 4 is 90.2 Å². The third-order valence-corrected chi connectivity index (χ3v) is 8.31. The second-order valence-electron chi connectivity index (χ2n) is 11.5. The molecule has 3 nitrogen and oxygen atoms in total. The van der Waals surface area contributed by atoms with Crippen LogP contribution < -0.4 is 32.8 Å². The second-order valence-corrected chi connectivity index (χ2v) is 13.3. The van der Waals surface area contributed by atoms with Gasteiger partial charge in [0.05, 0.1) is 23.8 Å². The monoisotopic (exact) mass is 728 g/mol. The summed E-state index contributed by atoms with van der Waals surface area (Å²) in [4.78, 5) is 9.33. The molecule has 0 atom stereocenters. The summed E-state index contributed by atoms with van der Waals surface area (Å²) in [5.41, 5.74) is 9.23. The van der Waals surface area contributed by atoms with E-state index < -0.39 is 0 Å². The van der Waals surface area contributed by atoms with Gasteiger partial charge in [0.25, 0.3) is 0 Å². The van der Waals surface area contributed by atoms with Gasteiger partial charge < -0.3 is 4.42 Å². The van der Waals surface area contributed by atoms with Gasteiger partial charge in [-0.05, 0) is 36.4 Å². The molecule has 0 aliphatic heterocycles.